The van der Waals surface area contributed by atoms with Crippen molar-refractivity contribution in [2.75, 3.05) is 24.7 Å². The lowest BCUT2D eigenvalue weighted by Crippen LogP contribution is -2.53. The summed E-state index contributed by atoms with van der Waals surface area (Å²) in [6.07, 6.45) is 1.69. The molecule has 1 aliphatic heterocycles. The van der Waals surface area contributed by atoms with Crippen molar-refractivity contribution in [3.63, 3.8) is 0 Å². The van der Waals surface area contributed by atoms with Gasteiger partial charge in [0.2, 0.25) is 0 Å². The number of nitrogens with one attached hydrogen (secondary N) is 1. The fourth-order valence-electron chi connectivity index (χ4n) is 2.07. The normalized spacial score (nSPS) is 19.1. The van der Waals surface area contributed by atoms with Crippen molar-refractivity contribution >= 4 is 11.5 Å². The summed E-state index contributed by atoms with van der Waals surface area (Å²) >= 11 is 0. The summed E-state index contributed by atoms with van der Waals surface area (Å²) in [5, 5.41) is 7.42. The maximum Gasteiger partial charge on any atom is 0.141 e. The van der Waals surface area contributed by atoms with Crippen LogP contribution >= 0.6 is 0 Å². The molecule has 5 nitrogen and oxygen atoms in total. The van der Waals surface area contributed by atoms with E-state index >= 15 is 0 Å². The van der Waals surface area contributed by atoms with E-state index in [0.717, 1.165) is 18.8 Å². The average molecular weight is 234 g/mol. The predicted octanol–water partition coefficient (Wildman–Crippen LogP) is 0.981. The van der Waals surface area contributed by atoms with Crippen LogP contribution in [0.2, 0.25) is 0 Å². The molecule has 2 heterocycles. The number of amidine groups is 1. The molecule has 0 amide bonds. The zero-order valence-corrected chi connectivity index (χ0v) is 10.2. The van der Waals surface area contributed by atoms with E-state index in [1.54, 1.807) is 6.20 Å². The molecule has 0 unspecified atom stereocenters. The first-order valence-corrected chi connectivity index (χ1v) is 5.66. The minimum Gasteiger partial charge on any atom is -0.382 e. The Bertz CT molecular complexity index is 430. The van der Waals surface area contributed by atoms with Gasteiger partial charge in [-0.3, -0.25) is 10.4 Å². The van der Waals surface area contributed by atoms with Crippen LogP contribution in [0.15, 0.2) is 18.3 Å². The minimum atomic E-state index is -0.0480. The molecule has 1 fully saturated rings. The summed E-state index contributed by atoms with van der Waals surface area (Å²) in [5.74, 6) is -0.00193. The molecule has 1 saturated heterocycles. The zero-order chi connectivity index (χ0) is 12.5. The topological polar surface area (TPSA) is 75.2 Å². The second kappa shape index (κ2) is 4.33. The molecule has 0 atom stereocenters. The van der Waals surface area contributed by atoms with Crippen LogP contribution in [0.3, 0.4) is 0 Å². The van der Waals surface area contributed by atoms with Gasteiger partial charge in [0, 0.05) is 18.4 Å². The first-order chi connectivity index (χ1) is 8.00. The zero-order valence-electron chi connectivity index (χ0n) is 10.2. The van der Waals surface area contributed by atoms with E-state index in [4.69, 9.17) is 15.9 Å². The number of nitrogens with zero attached hydrogens (tertiary/aromatic N) is 2. The SMILES string of the molecule is CC1(C)COCCN1c1ccnc(C(=N)N)c1. The van der Waals surface area contributed by atoms with Crippen molar-refractivity contribution in [3.05, 3.63) is 24.0 Å². The molecule has 1 aliphatic rings. The Balaban J connectivity index is 2.32. The average Bonchev–Trinajstić information content (AvgIpc) is 2.28. The lowest BCUT2D eigenvalue weighted by Gasteiger charge is -2.43. The molecule has 0 saturated carbocycles. The lowest BCUT2D eigenvalue weighted by atomic mass is 10.0. The molecule has 1 aromatic heterocycles. The highest BCUT2D eigenvalue weighted by molar-refractivity contribution is 5.93. The number of pyridine rings is 1. The number of nitrogen functional groups attached to an aromatic ring is 1. The summed E-state index contributed by atoms with van der Waals surface area (Å²) in [6, 6.07) is 3.80. The Morgan fingerprint density at radius 3 is 3.00 bits per heavy atom. The van der Waals surface area contributed by atoms with Gasteiger partial charge in [0.05, 0.1) is 18.8 Å². The minimum absolute atomic E-state index is 0.00193. The second-order valence-corrected chi connectivity index (χ2v) is 4.83. The van der Waals surface area contributed by atoms with E-state index in [0.29, 0.717) is 12.3 Å². The number of nitrogens with two attached hydrogens (primary N) is 1. The van der Waals surface area contributed by atoms with Crippen molar-refractivity contribution in [2.45, 2.75) is 19.4 Å². The van der Waals surface area contributed by atoms with Crippen LogP contribution in [0.25, 0.3) is 0 Å². The molecule has 0 aromatic carbocycles. The highest BCUT2D eigenvalue weighted by Gasteiger charge is 2.30. The number of aromatic nitrogens is 1. The first kappa shape index (κ1) is 11.9. The summed E-state index contributed by atoms with van der Waals surface area (Å²) in [5.41, 5.74) is 6.97. The summed E-state index contributed by atoms with van der Waals surface area (Å²) < 4.78 is 5.49. The molecule has 0 spiro atoms. The van der Waals surface area contributed by atoms with Crippen molar-refractivity contribution in [1.82, 2.24) is 4.98 Å². The fourth-order valence-corrected chi connectivity index (χ4v) is 2.07. The van der Waals surface area contributed by atoms with Gasteiger partial charge in [0.25, 0.3) is 0 Å². The fraction of sp³-hybridized carbons (Fsp3) is 0.500. The van der Waals surface area contributed by atoms with Gasteiger partial charge < -0.3 is 15.4 Å². The first-order valence-electron chi connectivity index (χ1n) is 5.66. The monoisotopic (exact) mass is 234 g/mol. The van der Waals surface area contributed by atoms with Crippen molar-refractivity contribution in [2.24, 2.45) is 5.73 Å². The lowest BCUT2D eigenvalue weighted by molar-refractivity contribution is 0.0644. The number of morpholine rings is 1. The number of hydrogen-bond donors (Lipinski definition) is 2. The van der Waals surface area contributed by atoms with E-state index < -0.39 is 0 Å². The number of anilines is 1. The Morgan fingerprint density at radius 2 is 2.35 bits per heavy atom. The Labute approximate surface area is 101 Å². The molecule has 17 heavy (non-hydrogen) atoms. The number of hydrogen-bond acceptors (Lipinski definition) is 4. The maximum absolute atomic E-state index is 7.42. The number of rotatable bonds is 2. The van der Waals surface area contributed by atoms with Crippen LogP contribution in [-0.4, -0.2) is 36.1 Å². The third-order valence-electron chi connectivity index (χ3n) is 2.98. The van der Waals surface area contributed by atoms with E-state index in [9.17, 15) is 0 Å². The van der Waals surface area contributed by atoms with Crippen LogP contribution in [0, 0.1) is 5.41 Å². The predicted molar refractivity (Wildman–Crippen MR) is 67.5 cm³/mol. The van der Waals surface area contributed by atoms with Crippen LogP contribution < -0.4 is 10.6 Å². The third-order valence-corrected chi connectivity index (χ3v) is 2.98. The molecular formula is C12H18N4O. The van der Waals surface area contributed by atoms with Gasteiger partial charge >= 0.3 is 0 Å². The number of ether oxygens (including phenoxy) is 1. The van der Waals surface area contributed by atoms with Gasteiger partial charge in [-0.25, -0.2) is 0 Å². The largest absolute Gasteiger partial charge is 0.382 e. The van der Waals surface area contributed by atoms with Crippen LogP contribution in [0.1, 0.15) is 19.5 Å². The van der Waals surface area contributed by atoms with Gasteiger partial charge in [-0.2, -0.15) is 0 Å². The van der Waals surface area contributed by atoms with Gasteiger partial charge in [-0.05, 0) is 26.0 Å². The van der Waals surface area contributed by atoms with Gasteiger partial charge in [-0.15, -0.1) is 0 Å². The Hall–Kier alpha value is -1.62. The molecule has 0 aliphatic carbocycles. The molecule has 0 radical (unpaired) electrons. The smallest absolute Gasteiger partial charge is 0.141 e. The van der Waals surface area contributed by atoms with E-state index in [-0.39, 0.29) is 11.4 Å². The van der Waals surface area contributed by atoms with Gasteiger partial charge in [-0.1, -0.05) is 0 Å². The summed E-state index contributed by atoms with van der Waals surface area (Å²) in [6.45, 7) is 6.54. The molecule has 3 N–H and O–H groups in total. The maximum atomic E-state index is 7.42. The third kappa shape index (κ3) is 2.39. The molecule has 0 bridgehead atoms. The second-order valence-electron chi connectivity index (χ2n) is 4.83. The van der Waals surface area contributed by atoms with Crippen LogP contribution in [0.5, 0.6) is 0 Å². The van der Waals surface area contributed by atoms with E-state index in [1.165, 1.54) is 0 Å². The molecule has 92 valence electrons. The van der Waals surface area contributed by atoms with Crippen molar-refractivity contribution in [3.8, 4) is 0 Å². The van der Waals surface area contributed by atoms with Crippen molar-refractivity contribution in [1.29, 1.82) is 5.41 Å². The summed E-state index contributed by atoms with van der Waals surface area (Å²) in [4.78, 5) is 6.34. The summed E-state index contributed by atoms with van der Waals surface area (Å²) in [7, 11) is 0. The Morgan fingerprint density at radius 1 is 1.59 bits per heavy atom. The highest BCUT2D eigenvalue weighted by atomic mass is 16.5. The van der Waals surface area contributed by atoms with Crippen LogP contribution in [0.4, 0.5) is 5.69 Å². The molecule has 1 aromatic rings. The molecule has 2 rings (SSSR count). The van der Waals surface area contributed by atoms with E-state index in [2.05, 4.69) is 23.7 Å². The molecule has 5 heteroatoms. The standard InChI is InChI=1S/C12H18N4O/c1-12(2)8-17-6-5-16(12)9-3-4-15-10(7-9)11(13)14/h3-4,7H,5-6,8H2,1-2H3,(H3,13,14). The highest BCUT2D eigenvalue weighted by Crippen LogP contribution is 2.26. The van der Waals surface area contributed by atoms with Crippen molar-refractivity contribution < 1.29 is 4.74 Å². The van der Waals surface area contributed by atoms with Gasteiger partial charge in [0.15, 0.2) is 0 Å². The van der Waals surface area contributed by atoms with Crippen LogP contribution in [-0.2, 0) is 4.74 Å². The Kier molecular flexibility index (Phi) is 3.02. The molecular weight excluding hydrogens is 216 g/mol. The quantitative estimate of drug-likeness (QED) is 0.591. The van der Waals surface area contributed by atoms with Gasteiger partial charge in [0.1, 0.15) is 11.5 Å². The van der Waals surface area contributed by atoms with E-state index in [1.807, 2.05) is 12.1 Å².